The molecule has 2 rings (SSSR count). The van der Waals surface area contributed by atoms with Gasteiger partial charge in [0.05, 0.1) is 6.54 Å². The molecule has 0 spiro atoms. The molecule has 0 saturated carbocycles. The quantitative estimate of drug-likeness (QED) is 0.719. The molecule has 0 bridgehead atoms. The van der Waals surface area contributed by atoms with Crippen molar-refractivity contribution in [3.05, 3.63) is 6.07 Å². The van der Waals surface area contributed by atoms with Gasteiger partial charge in [0.1, 0.15) is 11.6 Å². The molecule has 1 aromatic rings. The average molecular weight is 264 g/mol. The lowest BCUT2D eigenvalue weighted by molar-refractivity contribution is -0.119. The van der Waals surface area contributed by atoms with E-state index in [0.717, 1.165) is 25.9 Å². The lowest BCUT2D eigenvalue weighted by Crippen LogP contribution is -2.33. The molecule has 0 atom stereocenters. The number of hydrogen-bond donors (Lipinski definition) is 3. The van der Waals surface area contributed by atoms with Crippen LogP contribution in [0, 0.1) is 0 Å². The van der Waals surface area contributed by atoms with E-state index < -0.39 is 0 Å². The molecule has 19 heavy (non-hydrogen) atoms. The van der Waals surface area contributed by atoms with Crippen molar-refractivity contribution in [2.75, 3.05) is 42.1 Å². The topological polar surface area (TPSA) is 96.2 Å². The van der Waals surface area contributed by atoms with E-state index in [0.29, 0.717) is 24.7 Å². The minimum atomic E-state index is 0.0118. The second-order valence-electron chi connectivity index (χ2n) is 4.52. The number of carbonyl (C=O) groups excluding carboxylic acids is 1. The van der Waals surface area contributed by atoms with Crippen LogP contribution in [0.1, 0.15) is 19.8 Å². The van der Waals surface area contributed by atoms with Crippen LogP contribution in [0.5, 0.6) is 0 Å². The Labute approximate surface area is 112 Å². The van der Waals surface area contributed by atoms with Gasteiger partial charge in [-0.1, -0.05) is 6.92 Å². The van der Waals surface area contributed by atoms with E-state index in [1.165, 1.54) is 0 Å². The van der Waals surface area contributed by atoms with Gasteiger partial charge in [-0.2, -0.15) is 9.97 Å². The highest BCUT2D eigenvalue weighted by molar-refractivity contribution is 5.81. The van der Waals surface area contributed by atoms with Crippen LogP contribution in [-0.4, -0.2) is 42.1 Å². The van der Waals surface area contributed by atoms with Crippen LogP contribution < -0.4 is 21.3 Å². The maximum absolute atomic E-state index is 11.6. The third kappa shape index (κ3) is 3.70. The van der Waals surface area contributed by atoms with Crippen LogP contribution in [0.3, 0.4) is 0 Å². The fraction of sp³-hybridized carbons (Fsp3) is 0.583. The Bertz CT molecular complexity index is 450. The van der Waals surface area contributed by atoms with Gasteiger partial charge in [0.2, 0.25) is 11.9 Å². The van der Waals surface area contributed by atoms with Crippen LogP contribution in [0.15, 0.2) is 6.07 Å². The Balaban J connectivity index is 2.17. The fourth-order valence-electron chi connectivity index (χ4n) is 1.96. The van der Waals surface area contributed by atoms with Gasteiger partial charge in [0.25, 0.3) is 0 Å². The van der Waals surface area contributed by atoms with E-state index in [4.69, 9.17) is 5.73 Å². The Morgan fingerprint density at radius 2 is 2.37 bits per heavy atom. The summed E-state index contributed by atoms with van der Waals surface area (Å²) in [5.74, 6) is 1.63. The zero-order chi connectivity index (χ0) is 13.7. The van der Waals surface area contributed by atoms with Gasteiger partial charge in [-0.05, 0) is 12.8 Å². The molecule has 104 valence electrons. The first-order valence-electron chi connectivity index (χ1n) is 6.59. The Kier molecular flexibility index (Phi) is 4.38. The molecule has 7 heteroatoms. The first kappa shape index (κ1) is 13.4. The summed E-state index contributed by atoms with van der Waals surface area (Å²) in [6.45, 7) is 4.71. The molecule has 1 aliphatic heterocycles. The summed E-state index contributed by atoms with van der Waals surface area (Å²) >= 11 is 0. The van der Waals surface area contributed by atoms with Crippen molar-refractivity contribution in [3.63, 3.8) is 0 Å². The lowest BCUT2D eigenvalue weighted by Gasteiger charge is -2.20. The first-order valence-corrected chi connectivity index (χ1v) is 6.59. The standard InChI is InChI=1S/C12H20N6O/c1-2-4-14-9-7-10(17-12(13)16-9)18-6-3-5-15-11(19)8-18/h7H,2-6,8H2,1H3,(H,15,19)(H3,13,14,16,17). The van der Waals surface area contributed by atoms with E-state index in [2.05, 4.69) is 27.5 Å². The summed E-state index contributed by atoms with van der Waals surface area (Å²) in [5, 5.41) is 6.02. The minimum Gasteiger partial charge on any atom is -0.370 e. The van der Waals surface area contributed by atoms with Gasteiger partial charge in [-0.15, -0.1) is 0 Å². The second kappa shape index (κ2) is 6.21. The average Bonchev–Trinajstić information content (AvgIpc) is 2.60. The van der Waals surface area contributed by atoms with Crippen LogP contribution >= 0.6 is 0 Å². The Hall–Kier alpha value is -2.05. The number of amides is 1. The predicted molar refractivity (Wildman–Crippen MR) is 75.1 cm³/mol. The maximum atomic E-state index is 11.6. The number of carbonyl (C=O) groups is 1. The number of hydrogen-bond acceptors (Lipinski definition) is 6. The number of nitrogen functional groups attached to an aromatic ring is 1. The van der Waals surface area contributed by atoms with Crippen LogP contribution in [0.25, 0.3) is 0 Å². The molecular weight excluding hydrogens is 244 g/mol. The zero-order valence-electron chi connectivity index (χ0n) is 11.1. The van der Waals surface area contributed by atoms with Gasteiger partial charge in [0, 0.05) is 25.7 Å². The van der Waals surface area contributed by atoms with Crippen molar-refractivity contribution in [2.45, 2.75) is 19.8 Å². The largest absolute Gasteiger partial charge is 0.370 e. The summed E-state index contributed by atoms with van der Waals surface area (Å²) < 4.78 is 0. The highest BCUT2D eigenvalue weighted by atomic mass is 16.2. The van der Waals surface area contributed by atoms with E-state index in [9.17, 15) is 4.79 Å². The maximum Gasteiger partial charge on any atom is 0.239 e. The van der Waals surface area contributed by atoms with E-state index in [1.807, 2.05) is 11.0 Å². The van der Waals surface area contributed by atoms with Crippen molar-refractivity contribution >= 4 is 23.5 Å². The van der Waals surface area contributed by atoms with Gasteiger partial charge in [0.15, 0.2) is 0 Å². The molecule has 4 N–H and O–H groups in total. The Morgan fingerprint density at radius 3 is 3.16 bits per heavy atom. The summed E-state index contributed by atoms with van der Waals surface area (Å²) in [4.78, 5) is 21.8. The number of anilines is 3. The van der Waals surface area contributed by atoms with Gasteiger partial charge < -0.3 is 21.3 Å². The molecule has 2 heterocycles. The van der Waals surface area contributed by atoms with E-state index in [-0.39, 0.29) is 11.9 Å². The molecule has 1 amide bonds. The SMILES string of the molecule is CCCNc1cc(N2CCCNC(=O)C2)nc(N)n1. The normalized spacial score (nSPS) is 15.8. The first-order chi connectivity index (χ1) is 9.19. The number of nitrogens with one attached hydrogen (secondary N) is 2. The molecular formula is C12H20N6O. The second-order valence-corrected chi connectivity index (χ2v) is 4.52. The fourth-order valence-corrected chi connectivity index (χ4v) is 1.96. The number of aromatic nitrogens is 2. The Morgan fingerprint density at radius 1 is 1.53 bits per heavy atom. The van der Waals surface area contributed by atoms with Crippen LogP contribution in [0.2, 0.25) is 0 Å². The highest BCUT2D eigenvalue weighted by Gasteiger charge is 2.17. The summed E-state index contributed by atoms with van der Waals surface area (Å²) in [7, 11) is 0. The van der Waals surface area contributed by atoms with Crippen molar-refractivity contribution in [1.29, 1.82) is 0 Å². The molecule has 1 aromatic heterocycles. The molecule has 1 aliphatic rings. The third-order valence-corrected chi connectivity index (χ3v) is 2.87. The van der Waals surface area contributed by atoms with Crippen LogP contribution in [0.4, 0.5) is 17.6 Å². The zero-order valence-corrected chi connectivity index (χ0v) is 11.1. The minimum absolute atomic E-state index is 0.0118. The number of nitrogens with two attached hydrogens (primary N) is 1. The molecule has 0 aromatic carbocycles. The van der Waals surface area contributed by atoms with Gasteiger partial charge in [-0.25, -0.2) is 0 Å². The summed E-state index contributed by atoms with van der Waals surface area (Å²) in [6, 6.07) is 1.84. The predicted octanol–water partition coefficient (Wildman–Crippen LogP) is 0.207. The van der Waals surface area contributed by atoms with Crippen LogP contribution in [-0.2, 0) is 4.79 Å². The third-order valence-electron chi connectivity index (χ3n) is 2.87. The van der Waals surface area contributed by atoms with Gasteiger partial charge in [-0.3, -0.25) is 4.79 Å². The van der Waals surface area contributed by atoms with Crippen molar-refractivity contribution in [3.8, 4) is 0 Å². The molecule has 0 aliphatic carbocycles. The van der Waals surface area contributed by atoms with E-state index in [1.54, 1.807) is 0 Å². The molecule has 0 radical (unpaired) electrons. The summed E-state index contributed by atoms with van der Waals surface area (Å²) in [6.07, 6.45) is 1.90. The highest BCUT2D eigenvalue weighted by Crippen LogP contribution is 2.17. The van der Waals surface area contributed by atoms with Crippen molar-refractivity contribution in [2.24, 2.45) is 0 Å². The van der Waals surface area contributed by atoms with Crippen molar-refractivity contribution < 1.29 is 4.79 Å². The smallest absolute Gasteiger partial charge is 0.239 e. The molecule has 1 saturated heterocycles. The van der Waals surface area contributed by atoms with Crippen molar-refractivity contribution in [1.82, 2.24) is 15.3 Å². The molecule has 1 fully saturated rings. The van der Waals surface area contributed by atoms with Gasteiger partial charge >= 0.3 is 0 Å². The lowest BCUT2D eigenvalue weighted by atomic mass is 10.3. The molecule has 7 nitrogen and oxygen atoms in total. The number of rotatable bonds is 4. The van der Waals surface area contributed by atoms with E-state index >= 15 is 0 Å². The monoisotopic (exact) mass is 264 g/mol. The molecule has 0 unspecified atom stereocenters. The number of nitrogens with zero attached hydrogens (tertiary/aromatic N) is 3. The summed E-state index contributed by atoms with van der Waals surface area (Å²) in [5.41, 5.74) is 5.72.